The zero-order chi connectivity index (χ0) is 20.1. The van der Waals surface area contributed by atoms with Crippen LogP contribution >= 0.6 is 11.3 Å². The number of hydrogen-bond donors (Lipinski definition) is 2. The Labute approximate surface area is 167 Å². The first-order valence-electron chi connectivity index (χ1n) is 9.40. The summed E-state index contributed by atoms with van der Waals surface area (Å²) in [5.74, 6) is 0.712. The summed E-state index contributed by atoms with van der Waals surface area (Å²) in [5, 5.41) is 9.65. The normalized spacial score (nSPS) is 20.9. The van der Waals surface area contributed by atoms with E-state index < -0.39 is 0 Å². The van der Waals surface area contributed by atoms with Gasteiger partial charge in [-0.15, -0.1) is 0 Å². The number of aromatic amines is 1. The molecule has 148 valence electrons. The van der Waals surface area contributed by atoms with Crippen molar-refractivity contribution in [2.24, 2.45) is 5.92 Å². The molecule has 2 aromatic rings. The van der Waals surface area contributed by atoms with E-state index in [1.165, 1.54) is 0 Å². The lowest BCUT2D eigenvalue weighted by molar-refractivity contribution is -0.141. The van der Waals surface area contributed by atoms with Crippen molar-refractivity contribution in [2.75, 3.05) is 13.1 Å². The largest absolute Gasteiger partial charge is 0.493 e. The van der Waals surface area contributed by atoms with Crippen molar-refractivity contribution < 1.29 is 14.6 Å². The number of benzene rings is 1. The molecule has 1 aliphatic heterocycles. The number of carbonyl (C=O) groups is 1. The highest BCUT2D eigenvalue weighted by atomic mass is 32.1. The Hall–Kier alpha value is -2.54. The highest BCUT2D eigenvalue weighted by Crippen LogP contribution is 2.43. The highest BCUT2D eigenvalue weighted by Gasteiger charge is 2.44. The third-order valence-corrected chi connectivity index (χ3v) is 5.97. The van der Waals surface area contributed by atoms with E-state index in [2.05, 4.69) is 31.8 Å². The van der Waals surface area contributed by atoms with E-state index in [0.717, 1.165) is 28.2 Å². The predicted molar refractivity (Wildman–Crippen MR) is 109 cm³/mol. The van der Waals surface area contributed by atoms with E-state index in [9.17, 15) is 14.7 Å². The summed E-state index contributed by atoms with van der Waals surface area (Å²) in [7, 11) is 0. The fraction of sp³-hybridized carbons (Fsp3) is 0.429. The van der Waals surface area contributed by atoms with Gasteiger partial charge in [0.05, 0.1) is 23.9 Å². The number of amides is 1. The number of nitrogens with zero attached hydrogens (tertiary/aromatic N) is 1. The lowest BCUT2D eigenvalue weighted by atomic mass is 9.86. The molecular formula is C21H24N2O4S. The van der Waals surface area contributed by atoms with Gasteiger partial charge in [-0.25, -0.2) is 0 Å². The number of H-pyrrole nitrogens is 1. The Bertz CT molecular complexity index is 992. The second-order valence-electron chi connectivity index (χ2n) is 8.43. The van der Waals surface area contributed by atoms with E-state index in [-0.39, 0.29) is 34.1 Å². The molecule has 1 saturated carbocycles. The van der Waals surface area contributed by atoms with Crippen LogP contribution in [0.2, 0.25) is 0 Å². The summed E-state index contributed by atoms with van der Waals surface area (Å²) < 4.78 is 6.15. The molecule has 1 aliphatic carbocycles. The van der Waals surface area contributed by atoms with Crippen LogP contribution in [0.15, 0.2) is 34.6 Å². The zero-order valence-corrected chi connectivity index (χ0v) is 17.0. The topological polar surface area (TPSA) is 82.6 Å². The minimum Gasteiger partial charge on any atom is -0.493 e. The van der Waals surface area contributed by atoms with Crippen molar-refractivity contribution in [3.05, 3.63) is 49.9 Å². The number of ether oxygens (including phenoxy) is 1. The lowest BCUT2D eigenvalue weighted by Crippen LogP contribution is -2.56. The van der Waals surface area contributed by atoms with Crippen LogP contribution in [0.3, 0.4) is 0 Å². The lowest BCUT2D eigenvalue weighted by Gasteiger charge is -2.40. The van der Waals surface area contributed by atoms with Crippen molar-refractivity contribution in [3.8, 4) is 11.6 Å². The molecule has 0 radical (unpaired) electrons. The first-order valence-corrected chi connectivity index (χ1v) is 10.2. The number of nitrogens with one attached hydrogen (secondary N) is 1. The van der Waals surface area contributed by atoms with Gasteiger partial charge in [-0.05, 0) is 29.5 Å². The van der Waals surface area contributed by atoms with Gasteiger partial charge in [-0.2, -0.15) is 0 Å². The van der Waals surface area contributed by atoms with Gasteiger partial charge in [0.1, 0.15) is 11.9 Å². The van der Waals surface area contributed by atoms with Crippen molar-refractivity contribution in [2.45, 2.75) is 38.7 Å². The van der Waals surface area contributed by atoms with Gasteiger partial charge in [-0.1, -0.05) is 55.9 Å². The van der Waals surface area contributed by atoms with Gasteiger partial charge < -0.3 is 14.7 Å². The summed E-state index contributed by atoms with van der Waals surface area (Å²) >= 11 is 0.947. The summed E-state index contributed by atoms with van der Waals surface area (Å²) in [6.45, 7) is 7.65. The quantitative estimate of drug-likeness (QED) is 0.826. The number of aromatic hydroxyl groups is 1. The molecular weight excluding hydrogens is 376 g/mol. The Morgan fingerprint density at radius 1 is 1.32 bits per heavy atom. The maximum absolute atomic E-state index is 12.6. The zero-order valence-electron chi connectivity index (χ0n) is 16.2. The molecule has 2 aliphatic rings. The van der Waals surface area contributed by atoms with Gasteiger partial charge in [-0.3, -0.25) is 14.6 Å². The standard InChI is InChI=1S/C21H24N2O4S/c1-21(2,3)15-6-4-5-7-16(15)27-13-10-23(11-13)19(25)14-8-12(14)9-17-18(24)22-20(26)28-17/h4-7,9,13-14,24H,8,10-11H2,1-3H3,(H,22,26). The SMILES string of the molecule is CC(C)(C)c1ccccc1OC1CN(C(=O)C2CC2=Cc2sc(=O)[nH]c2O)C1. The summed E-state index contributed by atoms with van der Waals surface area (Å²) in [5.41, 5.74) is 2.12. The van der Waals surface area contributed by atoms with Crippen LogP contribution in [0.25, 0.3) is 6.08 Å². The third kappa shape index (κ3) is 3.71. The maximum Gasteiger partial charge on any atom is 0.307 e. The molecule has 4 rings (SSSR count). The number of aromatic nitrogens is 1. The van der Waals surface area contributed by atoms with Gasteiger partial charge in [0.15, 0.2) is 0 Å². The molecule has 0 spiro atoms. The van der Waals surface area contributed by atoms with Crippen molar-refractivity contribution in [3.63, 3.8) is 0 Å². The number of likely N-dealkylation sites (tertiary alicyclic amines) is 1. The van der Waals surface area contributed by atoms with Crippen LogP contribution in [0.5, 0.6) is 11.6 Å². The van der Waals surface area contributed by atoms with Crippen molar-refractivity contribution in [1.29, 1.82) is 0 Å². The second-order valence-corrected chi connectivity index (χ2v) is 9.45. The fourth-order valence-corrected chi connectivity index (χ4v) is 4.17. The molecule has 7 heteroatoms. The Morgan fingerprint density at radius 3 is 2.68 bits per heavy atom. The molecule has 1 unspecified atom stereocenters. The molecule has 28 heavy (non-hydrogen) atoms. The highest BCUT2D eigenvalue weighted by molar-refractivity contribution is 7.10. The van der Waals surface area contributed by atoms with Gasteiger partial charge >= 0.3 is 4.87 Å². The molecule has 0 bridgehead atoms. The third-order valence-electron chi connectivity index (χ3n) is 5.15. The minimum absolute atomic E-state index is 0.00170. The van der Waals surface area contributed by atoms with Crippen molar-refractivity contribution in [1.82, 2.24) is 9.88 Å². The first kappa shape index (κ1) is 18.8. The second kappa shape index (κ2) is 6.81. The van der Waals surface area contributed by atoms with E-state index in [1.54, 1.807) is 6.08 Å². The van der Waals surface area contributed by atoms with Gasteiger partial charge in [0.25, 0.3) is 0 Å². The van der Waals surface area contributed by atoms with Crippen molar-refractivity contribution >= 4 is 23.3 Å². The smallest absolute Gasteiger partial charge is 0.307 e. The molecule has 6 nitrogen and oxygen atoms in total. The summed E-state index contributed by atoms with van der Waals surface area (Å²) in [6, 6.07) is 8.06. The summed E-state index contributed by atoms with van der Waals surface area (Å²) in [6.07, 6.45) is 2.44. The van der Waals surface area contributed by atoms with Crippen LogP contribution in [0.4, 0.5) is 0 Å². The average molecular weight is 401 g/mol. The van der Waals surface area contributed by atoms with E-state index >= 15 is 0 Å². The molecule has 1 aromatic carbocycles. The molecule has 1 saturated heterocycles. The number of para-hydroxylation sites is 1. The Kier molecular flexibility index (Phi) is 4.57. The Balaban J connectivity index is 1.34. The average Bonchev–Trinajstić information content (AvgIpc) is 3.27. The molecule has 1 amide bonds. The number of rotatable bonds is 4. The van der Waals surface area contributed by atoms with E-state index in [1.807, 2.05) is 23.1 Å². The van der Waals surface area contributed by atoms with Gasteiger partial charge in [0, 0.05) is 0 Å². The Morgan fingerprint density at radius 2 is 2.04 bits per heavy atom. The molecule has 2 fully saturated rings. The van der Waals surface area contributed by atoms with Crippen LogP contribution in [-0.4, -0.2) is 40.1 Å². The number of thiazole rings is 1. The molecule has 1 atom stereocenters. The van der Waals surface area contributed by atoms with Crippen LogP contribution in [-0.2, 0) is 10.2 Å². The van der Waals surface area contributed by atoms with Crippen LogP contribution < -0.4 is 9.61 Å². The fourth-order valence-electron chi connectivity index (χ4n) is 3.46. The molecule has 1 aromatic heterocycles. The first-order chi connectivity index (χ1) is 13.2. The monoisotopic (exact) mass is 400 g/mol. The number of carbonyl (C=O) groups excluding carboxylic acids is 1. The van der Waals surface area contributed by atoms with Gasteiger partial charge in [0.2, 0.25) is 11.8 Å². The van der Waals surface area contributed by atoms with E-state index in [0.29, 0.717) is 24.4 Å². The predicted octanol–water partition coefficient (Wildman–Crippen LogP) is 3.13. The van der Waals surface area contributed by atoms with E-state index in [4.69, 9.17) is 4.74 Å². The summed E-state index contributed by atoms with van der Waals surface area (Å²) in [4.78, 5) is 28.2. The minimum atomic E-state index is -0.300. The molecule has 2 heterocycles. The van der Waals surface area contributed by atoms with Crippen LogP contribution in [0.1, 0.15) is 37.6 Å². The number of hydrogen-bond acceptors (Lipinski definition) is 5. The molecule has 2 N–H and O–H groups in total. The maximum atomic E-state index is 12.6. The van der Waals surface area contributed by atoms with Crippen LogP contribution in [0, 0.1) is 5.92 Å².